The molecule has 0 saturated carbocycles. The van der Waals surface area contributed by atoms with Crippen LogP contribution >= 0.6 is 11.6 Å². The molecule has 0 bridgehead atoms. The van der Waals surface area contributed by atoms with Crippen LogP contribution in [-0.4, -0.2) is 14.8 Å². The van der Waals surface area contributed by atoms with Crippen LogP contribution in [0, 0.1) is 11.3 Å². The summed E-state index contributed by atoms with van der Waals surface area (Å²) in [5.41, 5.74) is 0.214. The summed E-state index contributed by atoms with van der Waals surface area (Å²) >= 11 is 5.84. The van der Waals surface area contributed by atoms with Crippen molar-refractivity contribution in [1.82, 2.24) is 14.8 Å². The summed E-state index contributed by atoms with van der Waals surface area (Å²) in [6, 6.07) is 0. The second kappa shape index (κ2) is 3.66. The highest BCUT2D eigenvalue weighted by atomic mass is 35.5. The Morgan fingerprint density at radius 1 is 1.54 bits per heavy atom. The molecule has 0 aromatic carbocycles. The van der Waals surface area contributed by atoms with Crippen molar-refractivity contribution in [3.05, 3.63) is 11.6 Å². The molecular weight excluding hydrogens is 186 g/mol. The maximum atomic E-state index is 5.84. The normalized spacial score (nSPS) is 12.5. The summed E-state index contributed by atoms with van der Waals surface area (Å²) < 4.78 is 1.88. The summed E-state index contributed by atoms with van der Waals surface area (Å²) in [6.07, 6.45) is 1.67. The number of nitrogens with zero attached hydrogens (tertiary/aromatic N) is 3. The predicted octanol–water partition coefficient (Wildman–Crippen LogP) is 2.61. The molecule has 1 heterocycles. The third kappa shape index (κ3) is 2.44. The first-order valence-electron chi connectivity index (χ1n) is 4.47. The Labute approximate surface area is 84.1 Å². The SMILES string of the molecule is CC(C)C(C)(C)Cn1cnnc1Cl. The van der Waals surface area contributed by atoms with Crippen molar-refractivity contribution in [2.75, 3.05) is 0 Å². The summed E-state index contributed by atoms with van der Waals surface area (Å²) in [5, 5.41) is 7.95. The predicted molar refractivity (Wildman–Crippen MR) is 53.7 cm³/mol. The van der Waals surface area contributed by atoms with E-state index in [2.05, 4.69) is 37.9 Å². The quantitative estimate of drug-likeness (QED) is 0.753. The topological polar surface area (TPSA) is 30.7 Å². The minimum atomic E-state index is 0.214. The van der Waals surface area contributed by atoms with Crippen LogP contribution in [0.3, 0.4) is 0 Å². The van der Waals surface area contributed by atoms with E-state index in [1.807, 2.05) is 4.57 Å². The van der Waals surface area contributed by atoms with Gasteiger partial charge in [-0.25, -0.2) is 0 Å². The van der Waals surface area contributed by atoms with Crippen LogP contribution in [0.25, 0.3) is 0 Å². The number of aromatic nitrogens is 3. The Kier molecular flexibility index (Phi) is 2.96. The fourth-order valence-corrected chi connectivity index (χ4v) is 1.12. The van der Waals surface area contributed by atoms with Crippen LogP contribution in [0.4, 0.5) is 0 Å². The van der Waals surface area contributed by atoms with Gasteiger partial charge in [0.1, 0.15) is 6.33 Å². The molecule has 3 nitrogen and oxygen atoms in total. The van der Waals surface area contributed by atoms with Gasteiger partial charge in [-0.15, -0.1) is 10.2 Å². The lowest BCUT2D eigenvalue weighted by atomic mass is 9.81. The van der Waals surface area contributed by atoms with Crippen LogP contribution in [0.1, 0.15) is 27.7 Å². The molecule has 0 N–H and O–H groups in total. The zero-order chi connectivity index (χ0) is 10.1. The van der Waals surface area contributed by atoms with Crippen LogP contribution in [-0.2, 0) is 6.54 Å². The van der Waals surface area contributed by atoms with Gasteiger partial charge < -0.3 is 4.57 Å². The number of hydrogen-bond acceptors (Lipinski definition) is 2. The highest BCUT2D eigenvalue weighted by Crippen LogP contribution is 2.28. The molecule has 0 unspecified atom stereocenters. The third-order valence-corrected chi connectivity index (χ3v) is 3.00. The van der Waals surface area contributed by atoms with E-state index in [9.17, 15) is 0 Å². The molecular formula is C9H16ClN3. The van der Waals surface area contributed by atoms with Gasteiger partial charge in [0, 0.05) is 6.54 Å². The average Bonchev–Trinajstić information content (AvgIpc) is 2.35. The van der Waals surface area contributed by atoms with Gasteiger partial charge in [0.15, 0.2) is 0 Å². The van der Waals surface area contributed by atoms with Crippen LogP contribution < -0.4 is 0 Å². The van der Waals surface area contributed by atoms with Gasteiger partial charge in [-0.2, -0.15) is 0 Å². The summed E-state index contributed by atoms with van der Waals surface area (Å²) in [5.74, 6) is 0.603. The van der Waals surface area contributed by atoms with E-state index >= 15 is 0 Å². The standard InChI is InChI=1S/C9H16ClN3/c1-7(2)9(3,4)5-13-6-11-12-8(13)10/h6-7H,5H2,1-4H3. The summed E-state index contributed by atoms with van der Waals surface area (Å²) in [4.78, 5) is 0. The molecule has 0 atom stereocenters. The van der Waals surface area contributed by atoms with E-state index in [0.29, 0.717) is 11.2 Å². The molecule has 0 fully saturated rings. The molecule has 0 aliphatic heterocycles. The van der Waals surface area contributed by atoms with Crippen molar-refractivity contribution in [2.45, 2.75) is 34.2 Å². The molecule has 74 valence electrons. The molecule has 0 amide bonds. The number of rotatable bonds is 3. The molecule has 0 radical (unpaired) electrons. The minimum absolute atomic E-state index is 0.214. The molecule has 0 spiro atoms. The molecule has 0 aliphatic rings. The fraction of sp³-hybridized carbons (Fsp3) is 0.778. The monoisotopic (exact) mass is 201 g/mol. The van der Waals surface area contributed by atoms with Crippen LogP contribution in [0.5, 0.6) is 0 Å². The average molecular weight is 202 g/mol. The fourth-order valence-electron chi connectivity index (χ4n) is 0.969. The third-order valence-electron chi connectivity index (χ3n) is 2.71. The van der Waals surface area contributed by atoms with Crippen molar-refractivity contribution in [3.8, 4) is 0 Å². The smallest absolute Gasteiger partial charge is 0.224 e. The second-order valence-electron chi connectivity index (χ2n) is 4.37. The highest BCUT2D eigenvalue weighted by Gasteiger charge is 2.23. The Balaban J connectivity index is 2.74. The number of hydrogen-bond donors (Lipinski definition) is 0. The summed E-state index contributed by atoms with van der Waals surface area (Å²) in [6.45, 7) is 9.70. The van der Waals surface area contributed by atoms with Crippen molar-refractivity contribution in [3.63, 3.8) is 0 Å². The molecule has 0 saturated heterocycles. The van der Waals surface area contributed by atoms with Crippen molar-refractivity contribution in [1.29, 1.82) is 0 Å². The Hall–Kier alpha value is -0.570. The van der Waals surface area contributed by atoms with E-state index in [1.165, 1.54) is 0 Å². The highest BCUT2D eigenvalue weighted by molar-refractivity contribution is 6.28. The second-order valence-corrected chi connectivity index (χ2v) is 4.71. The lowest BCUT2D eigenvalue weighted by Crippen LogP contribution is -2.25. The molecule has 1 aromatic rings. The van der Waals surface area contributed by atoms with Gasteiger partial charge in [-0.3, -0.25) is 0 Å². The lowest BCUT2D eigenvalue weighted by Gasteiger charge is -2.29. The van der Waals surface area contributed by atoms with Gasteiger partial charge in [0.25, 0.3) is 0 Å². The zero-order valence-corrected chi connectivity index (χ0v) is 9.34. The first-order chi connectivity index (χ1) is 5.93. The van der Waals surface area contributed by atoms with Gasteiger partial charge in [-0.05, 0) is 22.9 Å². The first-order valence-corrected chi connectivity index (χ1v) is 4.84. The van der Waals surface area contributed by atoms with Crippen molar-refractivity contribution >= 4 is 11.6 Å². The van der Waals surface area contributed by atoms with E-state index in [4.69, 9.17) is 11.6 Å². The van der Waals surface area contributed by atoms with E-state index in [1.54, 1.807) is 6.33 Å². The van der Waals surface area contributed by atoms with Gasteiger partial charge in [0.05, 0.1) is 0 Å². The molecule has 13 heavy (non-hydrogen) atoms. The number of halogens is 1. The van der Waals surface area contributed by atoms with Gasteiger partial charge in [-0.1, -0.05) is 27.7 Å². The van der Waals surface area contributed by atoms with Crippen LogP contribution in [0.2, 0.25) is 5.28 Å². The maximum Gasteiger partial charge on any atom is 0.224 e. The van der Waals surface area contributed by atoms with Crippen molar-refractivity contribution < 1.29 is 0 Å². The largest absolute Gasteiger partial charge is 0.304 e. The lowest BCUT2D eigenvalue weighted by molar-refractivity contribution is 0.210. The summed E-state index contributed by atoms with van der Waals surface area (Å²) in [7, 11) is 0. The zero-order valence-electron chi connectivity index (χ0n) is 8.58. The molecule has 1 rings (SSSR count). The molecule has 0 aliphatic carbocycles. The molecule has 4 heteroatoms. The van der Waals surface area contributed by atoms with Crippen molar-refractivity contribution in [2.24, 2.45) is 11.3 Å². The van der Waals surface area contributed by atoms with Gasteiger partial charge >= 0.3 is 0 Å². The van der Waals surface area contributed by atoms with Crippen LogP contribution in [0.15, 0.2) is 6.33 Å². The van der Waals surface area contributed by atoms with E-state index < -0.39 is 0 Å². The Morgan fingerprint density at radius 2 is 2.15 bits per heavy atom. The Bertz CT molecular complexity index is 278. The minimum Gasteiger partial charge on any atom is -0.304 e. The van der Waals surface area contributed by atoms with E-state index in [0.717, 1.165) is 6.54 Å². The van der Waals surface area contributed by atoms with Gasteiger partial charge in [0.2, 0.25) is 5.28 Å². The molecule has 1 aromatic heterocycles. The first kappa shape index (κ1) is 10.5. The Morgan fingerprint density at radius 3 is 2.54 bits per heavy atom. The van der Waals surface area contributed by atoms with E-state index in [-0.39, 0.29) is 5.41 Å². The maximum absolute atomic E-state index is 5.84.